The molecule has 6 nitrogen and oxygen atoms in total. The Kier molecular flexibility index (Phi) is 6.32. The van der Waals surface area contributed by atoms with Gasteiger partial charge in [0.25, 0.3) is 0 Å². The van der Waals surface area contributed by atoms with Gasteiger partial charge in [-0.2, -0.15) is 0 Å². The summed E-state index contributed by atoms with van der Waals surface area (Å²) in [6, 6.07) is 13.5. The van der Waals surface area contributed by atoms with Crippen molar-refractivity contribution in [3.8, 4) is 17.1 Å². The van der Waals surface area contributed by atoms with Crippen LogP contribution < -0.4 is 10.1 Å². The zero-order chi connectivity index (χ0) is 20.9. The monoisotopic (exact) mass is 426 g/mol. The third kappa shape index (κ3) is 4.99. The minimum absolute atomic E-state index is 0.178. The van der Waals surface area contributed by atoms with Crippen molar-refractivity contribution in [3.05, 3.63) is 54.3 Å². The highest BCUT2D eigenvalue weighted by atomic mass is 32.2. The second-order valence-corrected chi connectivity index (χ2v) is 8.20. The van der Waals surface area contributed by atoms with Crippen LogP contribution in [-0.2, 0) is 11.8 Å². The number of anilines is 1. The predicted octanol–water partition coefficient (Wildman–Crippen LogP) is 4.67. The first kappa shape index (κ1) is 20.4. The van der Waals surface area contributed by atoms with E-state index >= 15 is 0 Å². The van der Waals surface area contributed by atoms with Crippen molar-refractivity contribution in [1.82, 2.24) is 14.8 Å². The smallest absolute Gasteiger partial charge is 0.234 e. The van der Waals surface area contributed by atoms with Gasteiger partial charge in [-0.25, -0.2) is 4.39 Å². The van der Waals surface area contributed by atoms with E-state index in [9.17, 15) is 9.18 Å². The van der Waals surface area contributed by atoms with Crippen molar-refractivity contribution in [2.24, 2.45) is 7.05 Å². The third-order valence-corrected chi connectivity index (χ3v) is 6.03. The van der Waals surface area contributed by atoms with Crippen LogP contribution >= 0.6 is 11.8 Å². The zero-order valence-corrected chi connectivity index (χ0v) is 17.5. The Bertz CT molecular complexity index is 999. The molecule has 0 bridgehead atoms. The molecule has 0 saturated heterocycles. The predicted molar refractivity (Wildman–Crippen MR) is 115 cm³/mol. The maximum absolute atomic E-state index is 13.0. The molecule has 1 aromatic heterocycles. The SMILES string of the molecule is Cn1c(SCC(=O)Nc2ccc(F)cc2)nnc1-c1ccc(OC2CCCC2)cc1. The van der Waals surface area contributed by atoms with E-state index in [0.29, 0.717) is 16.9 Å². The standard InChI is InChI=1S/C22H23FN4O2S/c1-27-21(15-6-12-19(13-7-15)29-18-4-2-3-5-18)25-26-22(27)30-14-20(28)24-17-10-8-16(23)9-11-17/h6-13,18H,2-5,14H2,1H3,(H,24,28). The molecule has 4 rings (SSSR count). The molecule has 1 heterocycles. The van der Waals surface area contributed by atoms with Gasteiger partial charge in [0.05, 0.1) is 11.9 Å². The molecule has 1 saturated carbocycles. The Labute approximate surface area is 178 Å². The van der Waals surface area contributed by atoms with Crippen LogP contribution in [0.15, 0.2) is 53.7 Å². The number of halogens is 1. The molecule has 2 aromatic carbocycles. The molecule has 0 radical (unpaired) electrons. The second-order valence-electron chi connectivity index (χ2n) is 7.26. The lowest BCUT2D eigenvalue weighted by molar-refractivity contribution is -0.113. The molecule has 1 amide bonds. The molecule has 0 unspecified atom stereocenters. The number of nitrogens with zero attached hydrogens (tertiary/aromatic N) is 3. The van der Waals surface area contributed by atoms with Crippen molar-refractivity contribution < 1.29 is 13.9 Å². The summed E-state index contributed by atoms with van der Waals surface area (Å²) < 4.78 is 20.8. The van der Waals surface area contributed by atoms with Gasteiger partial charge < -0.3 is 14.6 Å². The Morgan fingerprint density at radius 3 is 2.53 bits per heavy atom. The molecule has 0 atom stereocenters. The van der Waals surface area contributed by atoms with Crippen molar-refractivity contribution in [2.75, 3.05) is 11.1 Å². The van der Waals surface area contributed by atoms with Crippen LogP contribution in [0.1, 0.15) is 25.7 Å². The van der Waals surface area contributed by atoms with Gasteiger partial charge in [-0.15, -0.1) is 10.2 Å². The van der Waals surface area contributed by atoms with Gasteiger partial charge in [0.1, 0.15) is 11.6 Å². The van der Waals surface area contributed by atoms with E-state index in [4.69, 9.17) is 4.74 Å². The highest BCUT2D eigenvalue weighted by Gasteiger charge is 2.17. The molecular formula is C22H23FN4O2S. The molecule has 156 valence electrons. The van der Waals surface area contributed by atoms with E-state index in [0.717, 1.165) is 30.0 Å². The summed E-state index contributed by atoms with van der Waals surface area (Å²) in [6.45, 7) is 0. The summed E-state index contributed by atoms with van der Waals surface area (Å²) in [5.41, 5.74) is 1.49. The molecular weight excluding hydrogens is 403 g/mol. The molecule has 1 aliphatic rings. The number of nitrogens with one attached hydrogen (secondary N) is 1. The maximum Gasteiger partial charge on any atom is 0.234 e. The Balaban J connectivity index is 1.35. The number of hydrogen-bond donors (Lipinski definition) is 1. The fourth-order valence-corrected chi connectivity index (χ4v) is 4.14. The summed E-state index contributed by atoms with van der Waals surface area (Å²) in [5.74, 6) is 1.25. The quantitative estimate of drug-likeness (QED) is 0.556. The Morgan fingerprint density at radius 2 is 1.83 bits per heavy atom. The van der Waals surface area contributed by atoms with Crippen molar-refractivity contribution in [2.45, 2.75) is 36.9 Å². The summed E-state index contributed by atoms with van der Waals surface area (Å²) in [7, 11) is 1.87. The largest absolute Gasteiger partial charge is 0.490 e. The summed E-state index contributed by atoms with van der Waals surface area (Å²) in [4.78, 5) is 12.1. The van der Waals surface area contributed by atoms with E-state index < -0.39 is 0 Å². The summed E-state index contributed by atoms with van der Waals surface area (Å²) >= 11 is 1.30. The third-order valence-electron chi connectivity index (χ3n) is 5.01. The lowest BCUT2D eigenvalue weighted by Crippen LogP contribution is -2.14. The van der Waals surface area contributed by atoms with Gasteiger partial charge in [-0.05, 0) is 74.2 Å². The average molecular weight is 427 g/mol. The highest BCUT2D eigenvalue weighted by Crippen LogP contribution is 2.27. The Morgan fingerprint density at radius 1 is 1.13 bits per heavy atom. The molecule has 1 N–H and O–H groups in total. The molecule has 8 heteroatoms. The minimum Gasteiger partial charge on any atom is -0.490 e. The average Bonchev–Trinajstić information content (AvgIpc) is 3.39. The molecule has 0 aliphatic heterocycles. The van der Waals surface area contributed by atoms with E-state index in [-0.39, 0.29) is 17.5 Å². The lowest BCUT2D eigenvalue weighted by atomic mass is 10.2. The van der Waals surface area contributed by atoms with E-state index in [2.05, 4.69) is 15.5 Å². The zero-order valence-electron chi connectivity index (χ0n) is 16.7. The number of amides is 1. The van der Waals surface area contributed by atoms with Gasteiger partial charge in [0, 0.05) is 18.3 Å². The van der Waals surface area contributed by atoms with Crippen LogP contribution in [0.3, 0.4) is 0 Å². The van der Waals surface area contributed by atoms with E-state index in [1.807, 2.05) is 35.9 Å². The van der Waals surface area contributed by atoms with Gasteiger partial charge >= 0.3 is 0 Å². The second kappa shape index (κ2) is 9.30. The van der Waals surface area contributed by atoms with Crippen molar-refractivity contribution in [1.29, 1.82) is 0 Å². The van der Waals surface area contributed by atoms with Crippen LogP contribution in [0, 0.1) is 5.82 Å². The lowest BCUT2D eigenvalue weighted by Gasteiger charge is -2.13. The maximum atomic E-state index is 13.0. The number of carbonyl (C=O) groups excluding carboxylic acids is 1. The Hall–Kier alpha value is -2.87. The normalized spacial score (nSPS) is 14.1. The first-order chi connectivity index (χ1) is 14.6. The first-order valence-electron chi connectivity index (χ1n) is 9.93. The molecule has 3 aromatic rings. The number of thioether (sulfide) groups is 1. The van der Waals surface area contributed by atoms with Crippen LogP contribution in [0.2, 0.25) is 0 Å². The number of aromatic nitrogens is 3. The number of rotatable bonds is 7. The fourth-order valence-electron chi connectivity index (χ4n) is 3.43. The minimum atomic E-state index is -0.341. The van der Waals surface area contributed by atoms with Crippen LogP contribution in [0.4, 0.5) is 10.1 Å². The topological polar surface area (TPSA) is 69.0 Å². The van der Waals surface area contributed by atoms with Crippen LogP contribution in [0.5, 0.6) is 5.75 Å². The van der Waals surface area contributed by atoms with Crippen molar-refractivity contribution >= 4 is 23.4 Å². The first-order valence-corrected chi connectivity index (χ1v) is 10.9. The summed E-state index contributed by atoms with van der Waals surface area (Å²) in [5, 5.41) is 11.9. The fraction of sp³-hybridized carbons (Fsp3) is 0.318. The van der Waals surface area contributed by atoms with Crippen molar-refractivity contribution in [3.63, 3.8) is 0 Å². The number of benzene rings is 2. The van der Waals surface area contributed by atoms with Crippen LogP contribution in [0.25, 0.3) is 11.4 Å². The summed E-state index contributed by atoms with van der Waals surface area (Å²) in [6.07, 6.45) is 5.06. The molecule has 0 spiro atoms. The van der Waals surface area contributed by atoms with Gasteiger partial charge in [0.15, 0.2) is 11.0 Å². The number of ether oxygens (including phenoxy) is 1. The molecule has 30 heavy (non-hydrogen) atoms. The molecule has 1 fully saturated rings. The van der Waals surface area contributed by atoms with Gasteiger partial charge in [0.2, 0.25) is 5.91 Å². The number of carbonyl (C=O) groups is 1. The van der Waals surface area contributed by atoms with Gasteiger partial charge in [-0.1, -0.05) is 11.8 Å². The number of hydrogen-bond acceptors (Lipinski definition) is 5. The van der Waals surface area contributed by atoms with E-state index in [1.54, 1.807) is 0 Å². The van der Waals surface area contributed by atoms with Gasteiger partial charge in [-0.3, -0.25) is 4.79 Å². The van der Waals surface area contributed by atoms with E-state index in [1.165, 1.54) is 48.9 Å². The van der Waals surface area contributed by atoms with Crippen LogP contribution in [-0.4, -0.2) is 32.5 Å². The highest BCUT2D eigenvalue weighted by molar-refractivity contribution is 7.99. The molecule has 1 aliphatic carbocycles.